The first-order valence-corrected chi connectivity index (χ1v) is 10.9. The van der Waals surface area contributed by atoms with Crippen LogP contribution < -0.4 is 10.1 Å². The lowest BCUT2D eigenvalue weighted by Crippen LogP contribution is -2.12. The highest BCUT2D eigenvalue weighted by Gasteiger charge is 2.27. The first-order valence-electron chi connectivity index (χ1n) is 10.1. The van der Waals surface area contributed by atoms with Crippen molar-refractivity contribution in [2.24, 2.45) is 0 Å². The molecule has 0 saturated heterocycles. The number of nitrogens with one attached hydrogen (secondary N) is 1. The maximum Gasteiger partial charge on any atom is 0.341 e. The summed E-state index contributed by atoms with van der Waals surface area (Å²) in [7, 11) is 1.36. The Morgan fingerprint density at radius 3 is 2.58 bits per heavy atom. The van der Waals surface area contributed by atoms with E-state index in [1.54, 1.807) is 6.08 Å². The van der Waals surface area contributed by atoms with E-state index in [2.05, 4.69) is 5.32 Å². The molecule has 0 spiro atoms. The minimum atomic E-state index is -0.398. The first kappa shape index (κ1) is 20.9. The average molecular weight is 434 g/mol. The van der Waals surface area contributed by atoms with Gasteiger partial charge >= 0.3 is 5.97 Å². The van der Waals surface area contributed by atoms with Crippen molar-refractivity contribution in [2.45, 2.75) is 25.9 Å². The fourth-order valence-electron chi connectivity index (χ4n) is 3.55. The number of anilines is 1. The van der Waals surface area contributed by atoms with Gasteiger partial charge in [-0.3, -0.25) is 4.79 Å². The van der Waals surface area contributed by atoms with E-state index in [1.807, 2.05) is 54.6 Å². The molecule has 1 aliphatic carbocycles. The van der Waals surface area contributed by atoms with Crippen LogP contribution in [0.2, 0.25) is 0 Å². The van der Waals surface area contributed by atoms with Crippen molar-refractivity contribution < 1.29 is 19.1 Å². The zero-order valence-electron chi connectivity index (χ0n) is 17.2. The van der Waals surface area contributed by atoms with E-state index in [0.717, 1.165) is 46.6 Å². The third-order valence-corrected chi connectivity index (χ3v) is 6.31. The van der Waals surface area contributed by atoms with Crippen LogP contribution in [-0.2, 0) is 29.0 Å². The van der Waals surface area contributed by atoms with Gasteiger partial charge in [0.2, 0.25) is 5.91 Å². The van der Waals surface area contributed by atoms with E-state index in [0.29, 0.717) is 17.2 Å². The van der Waals surface area contributed by atoms with Crippen LogP contribution in [0.3, 0.4) is 0 Å². The molecule has 2 aromatic carbocycles. The molecule has 6 heteroatoms. The average Bonchev–Trinajstić information content (AvgIpc) is 3.38. The summed E-state index contributed by atoms with van der Waals surface area (Å²) < 4.78 is 10.7. The molecule has 1 N–H and O–H groups in total. The van der Waals surface area contributed by atoms with Crippen LogP contribution in [0.15, 0.2) is 60.7 Å². The minimum Gasteiger partial charge on any atom is -0.489 e. The molecule has 4 rings (SSSR count). The number of aryl methyl sites for hydroxylation is 1. The Morgan fingerprint density at radius 1 is 1.06 bits per heavy atom. The standard InChI is InChI=1S/C25H23NO4S/c1-29-25(28)23-20-8-5-9-21(20)31-24(23)26-22(27)15-12-17-10-13-19(14-11-17)30-16-18-6-3-2-4-7-18/h2-4,6-7,10-15H,5,8-9,16H2,1H3,(H,26,27). The van der Waals surface area contributed by atoms with Crippen molar-refractivity contribution >= 4 is 34.3 Å². The zero-order chi connectivity index (χ0) is 21.6. The molecule has 0 fully saturated rings. The van der Waals surface area contributed by atoms with Gasteiger partial charge < -0.3 is 14.8 Å². The number of ether oxygens (including phenoxy) is 2. The summed E-state index contributed by atoms with van der Waals surface area (Å²) in [5, 5.41) is 3.41. The number of hydrogen-bond acceptors (Lipinski definition) is 5. The monoisotopic (exact) mass is 433 g/mol. The third-order valence-electron chi connectivity index (χ3n) is 5.10. The highest BCUT2D eigenvalue weighted by atomic mass is 32.1. The molecule has 1 aliphatic rings. The molecule has 0 aliphatic heterocycles. The molecule has 0 unspecified atom stereocenters. The Bertz CT molecular complexity index is 1100. The molecule has 0 atom stereocenters. The Hall–Kier alpha value is -3.38. The highest BCUT2D eigenvalue weighted by Crippen LogP contribution is 2.39. The summed E-state index contributed by atoms with van der Waals surface area (Å²) in [5.41, 5.74) is 3.50. The number of esters is 1. The molecule has 1 aromatic heterocycles. The van der Waals surface area contributed by atoms with Crippen LogP contribution in [0.5, 0.6) is 5.75 Å². The SMILES string of the molecule is COC(=O)c1c(NC(=O)C=Cc2ccc(OCc3ccccc3)cc2)sc2c1CCC2. The highest BCUT2D eigenvalue weighted by molar-refractivity contribution is 7.17. The maximum atomic E-state index is 12.4. The fourth-order valence-corrected chi connectivity index (χ4v) is 4.83. The lowest BCUT2D eigenvalue weighted by molar-refractivity contribution is -0.111. The minimum absolute atomic E-state index is 0.283. The Balaban J connectivity index is 1.37. The van der Waals surface area contributed by atoms with Gasteiger partial charge in [-0.15, -0.1) is 11.3 Å². The summed E-state index contributed by atoms with van der Waals surface area (Å²) >= 11 is 1.46. The number of benzene rings is 2. The zero-order valence-corrected chi connectivity index (χ0v) is 18.0. The summed E-state index contributed by atoms with van der Waals surface area (Å²) in [5.74, 6) is 0.0838. The van der Waals surface area contributed by atoms with Gasteiger partial charge in [-0.1, -0.05) is 42.5 Å². The number of rotatable bonds is 7. The largest absolute Gasteiger partial charge is 0.489 e. The smallest absolute Gasteiger partial charge is 0.341 e. The predicted molar refractivity (Wildman–Crippen MR) is 123 cm³/mol. The lowest BCUT2D eigenvalue weighted by Gasteiger charge is -2.06. The molecule has 5 nitrogen and oxygen atoms in total. The van der Waals surface area contributed by atoms with E-state index in [9.17, 15) is 9.59 Å². The van der Waals surface area contributed by atoms with E-state index >= 15 is 0 Å². The first-order chi connectivity index (χ1) is 15.1. The van der Waals surface area contributed by atoms with Crippen molar-refractivity contribution in [2.75, 3.05) is 12.4 Å². The molecular formula is C25H23NO4S. The van der Waals surface area contributed by atoms with Crippen LogP contribution >= 0.6 is 11.3 Å². The third kappa shape index (κ3) is 5.03. The van der Waals surface area contributed by atoms with Crippen molar-refractivity contribution in [3.63, 3.8) is 0 Å². The second kappa shape index (κ2) is 9.62. The fraction of sp³-hybridized carbons (Fsp3) is 0.200. The molecule has 158 valence electrons. The molecule has 0 bridgehead atoms. The van der Waals surface area contributed by atoms with Gasteiger partial charge in [-0.05, 0) is 54.2 Å². The molecule has 0 saturated carbocycles. The predicted octanol–water partition coefficient (Wildman–Crippen LogP) is 5.25. The molecule has 1 amide bonds. The van der Waals surface area contributed by atoms with Gasteiger partial charge in [-0.25, -0.2) is 4.79 Å². The number of thiophene rings is 1. The molecule has 3 aromatic rings. The van der Waals surface area contributed by atoms with Crippen LogP contribution in [0, 0.1) is 0 Å². The molecular weight excluding hydrogens is 410 g/mol. The summed E-state index contributed by atoms with van der Waals surface area (Å²) in [6, 6.07) is 17.5. The Labute approximate surface area is 185 Å². The maximum absolute atomic E-state index is 12.4. The van der Waals surface area contributed by atoms with Crippen molar-refractivity contribution in [3.05, 3.63) is 87.8 Å². The van der Waals surface area contributed by atoms with Gasteiger partial charge in [0, 0.05) is 11.0 Å². The molecule has 31 heavy (non-hydrogen) atoms. The number of methoxy groups -OCH3 is 1. The topological polar surface area (TPSA) is 64.6 Å². The number of carbonyl (C=O) groups excluding carboxylic acids is 2. The van der Waals surface area contributed by atoms with Crippen LogP contribution in [0.25, 0.3) is 6.08 Å². The number of carbonyl (C=O) groups is 2. The number of hydrogen-bond donors (Lipinski definition) is 1. The Morgan fingerprint density at radius 2 is 1.84 bits per heavy atom. The van der Waals surface area contributed by atoms with Crippen molar-refractivity contribution in [1.29, 1.82) is 0 Å². The van der Waals surface area contributed by atoms with Crippen molar-refractivity contribution in [3.8, 4) is 5.75 Å². The van der Waals surface area contributed by atoms with Gasteiger partial charge in [0.15, 0.2) is 0 Å². The van der Waals surface area contributed by atoms with Crippen molar-refractivity contribution in [1.82, 2.24) is 0 Å². The Kier molecular flexibility index (Phi) is 6.48. The summed E-state index contributed by atoms with van der Waals surface area (Å²) in [6.07, 6.45) is 6.01. The molecule has 1 heterocycles. The van der Waals surface area contributed by atoms with E-state index in [4.69, 9.17) is 9.47 Å². The number of fused-ring (bicyclic) bond motifs is 1. The quantitative estimate of drug-likeness (QED) is 0.408. The van der Waals surface area contributed by atoms with E-state index in [-0.39, 0.29) is 5.91 Å². The van der Waals surface area contributed by atoms with Crippen LogP contribution in [0.1, 0.15) is 38.3 Å². The van der Waals surface area contributed by atoms with Gasteiger partial charge in [0.25, 0.3) is 0 Å². The second-order valence-corrected chi connectivity index (χ2v) is 8.32. The number of amides is 1. The normalized spacial score (nSPS) is 12.5. The van der Waals surface area contributed by atoms with Crippen LogP contribution in [0.4, 0.5) is 5.00 Å². The van der Waals surface area contributed by atoms with Gasteiger partial charge in [-0.2, -0.15) is 0 Å². The summed E-state index contributed by atoms with van der Waals surface area (Å²) in [6.45, 7) is 0.506. The van der Waals surface area contributed by atoms with Gasteiger partial charge in [0.1, 0.15) is 17.4 Å². The van der Waals surface area contributed by atoms with E-state index in [1.165, 1.54) is 24.5 Å². The van der Waals surface area contributed by atoms with E-state index < -0.39 is 5.97 Å². The lowest BCUT2D eigenvalue weighted by atomic mass is 10.1. The second-order valence-electron chi connectivity index (χ2n) is 7.22. The van der Waals surface area contributed by atoms with Gasteiger partial charge in [0.05, 0.1) is 12.7 Å². The molecule has 0 radical (unpaired) electrons. The van der Waals surface area contributed by atoms with Crippen LogP contribution in [-0.4, -0.2) is 19.0 Å². The summed E-state index contributed by atoms with van der Waals surface area (Å²) in [4.78, 5) is 25.8.